The number of nitrogens with zero attached hydrogens (tertiary/aromatic N) is 3. The van der Waals surface area contributed by atoms with Crippen LogP contribution in [0.3, 0.4) is 0 Å². The first-order valence-corrected chi connectivity index (χ1v) is 6.19. The Hall–Kier alpha value is -2.77. The number of rotatable bonds is 4. The summed E-state index contributed by atoms with van der Waals surface area (Å²) in [7, 11) is 0. The Morgan fingerprint density at radius 2 is 1.90 bits per heavy atom. The molecule has 0 aliphatic carbocycles. The lowest BCUT2D eigenvalue weighted by molar-refractivity contribution is 0.0684. The second kappa shape index (κ2) is 5.70. The van der Waals surface area contributed by atoms with Crippen LogP contribution in [-0.4, -0.2) is 25.4 Å². The van der Waals surface area contributed by atoms with E-state index in [1.165, 1.54) is 12.1 Å². The largest absolute Gasteiger partial charge is 0.476 e. The molecule has 0 amide bonds. The fourth-order valence-electron chi connectivity index (χ4n) is 1.82. The van der Waals surface area contributed by atoms with Crippen LogP contribution in [0.4, 0.5) is 4.39 Å². The number of hydrogen-bond donors (Lipinski definition) is 1. The van der Waals surface area contributed by atoms with E-state index in [9.17, 15) is 18.8 Å². The zero-order chi connectivity index (χ0) is 15.6. The molecule has 0 radical (unpaired) electrons. The Kier molecular flexibility index (Phi) is 3.97. The summed E-state index contributed by atoms with van der Waals surface area (Å²) >= 11 is 0. The molecule has 0 saturated carbocycles. The van der Waals surface area contributed by atoms with Crippen molar-refractivity contribution in [3.63, 3.8) is 0 Å². The number of halogens is 1. The van der Waals surface area contributed by atoms with Crippen LogP contribution in [0.1, 0.15) is 23.8 Å². The first-order valence-electron chi connectivity index (χ1n) is 6.19. The van der Waals surface area contributed by atoms with Crippen LogP contribution in [0.2, 0.25) is 0 Å². The molecular formula is C13H12FN3O4. The summed E-state index contributed by atoms with van der Waals surface area (Å²) in [6.07, 6.45) is 0.474. The van der Waals surface area contributed by atoms with E-state index in [-0.39, 0.29) is 12.2 Å². The Morgan fingerprint density at radius 1 is 1.29 bits per heavy atom. The SMILES string of the molecule is CCCn1c(=O)c(C(=O)O)nn(-c2ccc(F)cc2)c1=O. The molecule has 0 aliphatic rings. The Balaban J connectivity index is 2.77. The van der Waals surface area contributed by atoms with Crippen molar-refractivity contribution in [1.82, 2.24) is 14.3 Å². The Morgan fingerprint density at radius 3 is 2.43 bits per heavy atom. The smallest absolute Gasteiger partial charge is 0.362 e. The lowest BCUT2D eigenvalue weighted by atomic mass is 10.3. The molecule has 2 rings (SSSR count). The number of hydrogen-bond acceptors (Lipinski definition) is 4. The third kappa shape index (κ3) is 2.73. The highest BCUT2D eigenvalue weighted by atomic mass is 19.1. The van der Waals surface area contributed by atoms with Crippen molar-refractivity contribution in [3.05, 3.63) is 56.6 Å². The van der Waals surface area contributed by atoms with Gasteiger partial charge in [0.05, 0.1) is 5.69 Å². The first-order chi connectivity index (χ1) is 9.95. The normalized spacial score (nSPS) is 10.6. The molecule has 7 nitrogen and oxygen atoms in total. The van der Waals surface area contributed by atoms with E-state index in [1.807, 2.05) is 0 Å². The minimum atomic E-state index is -1.53. The van der Waals surface area contributed by atoms with E-state index in [4.69, 9.17) is 5.11 Å². The van der Waals surface area contributed by atoms with Gasteiger partial charge in [-0.2, -0.15) is 9.78 Å². The van der Waals surface area contributed by atoms with E-state index in [0.717, 1.165) is 21.4 Å². The topological polar surface area (TPSA) is 94.2 Å². The summed E-state index contributed by atoms with van der Waals surface area (Å²) in [5, 5.41) is 12.6. The second-order valence-electron chi connectivity index (χ2n) is 4.28. The fraction of sp³-hybridized carbons (Fsp3) is 0.231. The molecule has 8 heteroatoms. The lowest BCUT2D eigenvalue weighted by Crippen LogP contribution is -2.44. The van der Waals surface area contributed by atoms with Gasteiger partial charge in [0.15, 0.2) is 0 Å². The van der Waals surface area contributed by atoms with Gasteiger partial charge in [-0.25, -0.2) is 14.0 Å². The predicted molar refractivity (Wildman–Crippen MR) is 71.3 cm³/mol. The molecule has 0 saturated heterocycles. The molecule has 1 heterocycles. The van der Waals surface area contributed by atoms with Crippen LogP contribution in [-0.2, 0) is 6.54 Å². The van der Waals surface area contributed by atoms with Gasteiger partial charge in [0, 0.05) is 6.54 Å². The summed E-state index contributed by atoms with van der Waals surface area (Å²) in [6.45, 7) is 1.82. The number of carboxylic acids is 1. The molecule has 21 heavy (non-hydrogen) atoms. The van der Waals surface area contributed by atoms with Gasteiger partial charge in [-0.1, -0.05) is 6.92 Å². The highest BCUT2D eigenvalue weighted by Crippen LogP contribution is 2.05. The van der Waals surface area contributed by atoms with Crippen molar-refractivity contribution in [2.75, 3.05) is 0 Å². The van der Waals surface area contributed by atoms with E-state index >= 15 is 0 Å². The quantitative estimate of drug-likeness (QED) is 0.892. The molecule has 2 aromatic rings. The van der Waals surface area contributed by atoms with Crippen LogP contribution in [0, 0.1) is 5.82 Å². The fourth-order valence-corrected chi connectivity index (χ4v) is 1.82. The average Bonchev–Trinajstić information content (AvgIpc) is 2.44. The van der Waals surface area contributed by atoms with Crippen LogP contribution < -0.4 is 11.2 Å². The third-order valence-corrected chi connectivity index (χ3v) is 2.78. The molecule has 1 N–H and O–H groups in total. The Labute approximate surface area is 117 Å². The minimum Gasteiger partial charge on any atom is -0.476 e. The lowest BCUT2D eigenvalue weighted by Gasteiger charge is -2.09. The van der Waals surface area contributed by atoms with Crippen molar-refractivity contribution in [1.29, 1.82) is 0 Å². The molecule has 0 spiro atoms. The standard InChI is InChI=1S/C13H12FN3O4/c1-2-7-16-11(18)10(12(19)20)15-17(13(16)21)9-5-3-8(14)4-6-9/h3-6H,2,7H2,1H3,(H,19,20). The molecule has 0 unspecified atom stereocenters. The molecule has 0 fully saturated rings. The maximum absolute atomic E-state index is 12.9. The number of benzene rings is 1. The highest BCUT2D eigenvalue weighted by molar-refractivity contribution is 5.84. The maximum atomic E-state index is 12.9. The van der Waals surface area contributed by atoms with E-state index in [0.29, 0.717) is 6.42 Å². The highest BCUT2D eigenvalue weighted by Gasteiger charge is 2.18. The summed E-state index contributed by atoms with van der Waals surface area (Å²) < 4.78 is 14.5. The maximum Gasteiger partial charge on any atom is 0.362 e. The molecule has 0 bridgehead atoms. The van der Waals surface area contributed by atoms with E-state index in [1.54, 1.807) is 6.92 Å². The van der Waals surface area contributed by atoms with Gasteiger partial charge in [-0.15, -0.1) is 0 Å². The van der Waals surface area contributed by atoms with Gasteiger partial charge in [0.1, 0.15) is 5.82 Å². The van der Waals surface area contributed by atoms with Crippen molar-refractivity contribution >= 4 is 5.97 Å². The number of carboxylic acid groups (broad SMARTS) is 1. The average molecular weight is 293 g/mol. The summed E-state index contributed by atoms with van der Waals surface area (Å²) in [5.74, 6) is -2.03. The molecule has 1 aromatic heterocycles. The zero-order valence-corrected chi connectivity index (χ0v) is 11.1. The van der Waals surface area contributed by atoms with Crippen molar-refractivity contribution < 1.29 is 14.3 Å². The predicted octanol–water partition coefficient (Wildman–Crippen LogP) is 0.641. The van der Waals surface area contributed by atoms with Crippen LogP contribution >= 0.6 is 0 Å². The number of aromatic carboxylic acids is 1. The number of carbonyl (C=O) groups is 1. The van der Waals surface area contributed by atoms with Gasteiger partial charge < -0.3 is 5.11 Å². The van der Waals surface area contributed by atoms with Crippen LogP contribution in [0.25, 0.3) is 5.69 Å². The van der Waals surface area contributed by atoms with Gasteiger partial charge in [0.25, 0.3) is 5.56 Å². The Bertz CT molecular complexity index is 793. The third-order valence-electron chi connectivity index (χ3n) is 2.78. The molecule has 110 valence electrons. The van der Waals surface area contributed by atoms with Gasteiger partial charge >= 0.3 is 11.7 Å². The second-order valence-corrected chi connectivity index (χ2v) is 4.28. The van der Waals surface area contributed by atoms with Crippen molar-refractivity contribution in [2.45, 2.75) is 19.9 Å². The molecule has 0 aliphatic heterocycles. The van der Waals surface area contributed by atoms with Crippen molar-refractivity contribution in [2.24, 2.45) is 0 Å². The summed E-state index contributed by atoms with van der Waals surface area (Å²) in [4.78, 5) is 35.2. The minimum absolute atomic E-state index is 0.0711. The van der Waals surface area contributed by atoms with E-state index in [2.05, 4.69) is 5.10 Å². The number of aromatic nitrogens is 3. The van der Waals surface area contributed by atoms with Crippen molar-refractivity contribution in [3.8, 4) is 5.69 Å². The molecule has 1 aromatic carbocycles. The van der Waals surface area contributed by atoms with E-state index < -0.39 is 28.7 Å². The van der Waals surface area contributed by atoms with Crippen LogP contribution in [0.15, 0.2) is 33.9 Å². The zero-order valence-electron chi connectivity index (χ0n) is 11.1. The van der Waals surface area contributed by atoms with Crippen LogP contribution in [0.5, 0.6) is 0 Å². The first kappa shape index (κ1) is 14.6. The van der Waals surface area contributed by atoms with Gasteiger partial charge in [-0.05, 0) is 30.7 Å². The summed E-state index contributed by atoms with van der Waals surface area (Å²) in [6, 6.07) is 4.77. The van der Waals surface area contributed by atoms with Gasteiger partial charge in [-0.3, -0.25) is 9.36 Å². The monoisotopic (exact) mass is 293 g/mol. The van der Waals surface area contributed by atoms with Gasteiger partial charge in [0.2, 0.25) is 5.69 Å². The molecular weight excluding hydrogens is 281 g/mol. The molecule has 0 atom stereocenters. The summed E-state index contributed by atoms with van der Waals surface area (Å²) in [5.41, 5.74) is -2.30.